The van der Waals surface area contributed by atoms with Gasteiger partial charge in [0.1, 0.15) is 0 Å². The Morgan fingerprint density at radius 3 is 2.84 bits per heavy atom. The number of fused-ring (bicyclic) bond motifs is 1. The molecule has 4 rings (SSSR count). The molecule has 0 aliphatic heterocycles. The van der Waals surface area contributed by atoms with Crippen LogP contribution in [-0.2, 0) is 0 Å². The van der Waals surface area contributed by atoms with Crippen molar-refractivity contribution in [3.63, 3.8) is 0 Å². The number of hydrogen-bond acceptors (Lipinski definition) is 4. The third-order valence-corrected chi connectivity index (χ3v) is 4.74. The van der Waals surface area contributed by atoms with Crippen molar-refractivity contribution in [3.05, 3.63) is 86.9 Å². The maximum atomic E-state index is 12.6. The van der Waals surface area contributed by atoms with Crippen LogP contribution in [-0.4, -0.2) is 14.4 Å². The third-order valence-electron chi connectivity index (χ3n) is 3.68. The zero-order valence-electron chi connectivity index (χ0n) is 13.0. The van der Waals surface area contributed by atoms with Gasteiger partial charge in [0.15, 0.2) is 4.96 Å². The second kappa shape index (κ2) is 6.63. The predicted molar refractivity (Wildman–Crippen MR) is 103 cm³/mol. The van der Waals surface area contributed by atoms with Gasteiger partial charge in [0.2, 0.25) is 0 Å². The van der Waals surface area contributed by atoms with Crippen LogP contribution in [0.3, 0.4) is 0 Å². The van der Waals surface area contributed by atoms with Crippen LogP contribution in [0.15, 0.2) is 65.0 Å². The van der Waals surface area contributed by atoms with Gasteiger partial charge in [-0.1, -0.05) is 35.9 Å². The van der Waals surface area contributed by atoms with Gasteiger partial charge in [0.05, 0.1) is 11.4 Å². The van der Waals surface area contributed by atoms with Crippen LogP contribution >= 0.6 is 22.9 Å². The topological polar surface area (TPSA) is 47.3 Å². The Kier molecular flexibility index (Phi) is 4.17. The predicted octanol–water partition coefficient (Wildman–Crippen LogP) is 4.64. The molecule has 25 heavy (non-hydrogen) atoms. The van der Waals surface area contributed by atoms with Crippen LogP contribution in [0.5, 0.6) is 0 Å². The van der Waals surface area contributed by atoms with E-state index in [4.69, 9.17) is 11.6 Å². The molecular formula is C19H12ClN3OS. The molecule has 0 N–H and O–H groups in total. The maximum Gasteiger partial charge on any atom is 0.259 e. The lowest BCUT2D eigenvalue weighted by Gasteiger charge is -2.02. The summed E-state index contributed by atoms with van der Waals surface area (Å²) in [6.45, 7) is 0. The number of thiazole rings is 1. The molecular weight excluding hydrogens is 354 g/mol. The highest BCUT2D eigenvalue weighted by Gasteiger charge is 2.10. The molecule has 0 spiro atoms. The minimum Gasteiger partial charge on any atom is -0.269 e. The molecule has 4 aromatic rings. The Labute approximate surface area is 152 Å². The summed E-state index contributed by atoms with van der Waals surface area (Å²) in [4.78, 5) is 21.9. The number of rotatable bonds is 3. The summed E-state index contributed by atoms with van der Waals surface area (Å²) >= 11 is 7.49. The van der Waals surface area contributed by atoms with E-state index < -0.39 is 0 Å². The fourth-order valence-electron chi connectivity index (χ4n) is 2.53. The molecule has 1 aromatic carbocycles. The Hall–Kier alpha value is -2.76. The summed E-state index contributed by atoms with van der Waals surface area (Å²) in [5, 5.41) is 2.55. The molecule has 0 saturated carbocycles. The second-order valence-corrected chi connectivity index (χ2v) is 6.66. The van der Waals surface area contributed by atoms with Crippen LogP contribution < -0.4 is 5.56 Å². The molecule has 0 unspecified atom stereocenters. The Morgan fingerprint density at radius 1 is 1.12 bits per heavy atom. The van der Waals surface area contributed by atoms with Gasteiger partial charge in [0.25, 0.3) is 5.56 Å². The highest BCUT2D eigenvalue weighted by Crippen LogP contribution is 2.26. The summed E-state index contributed by atoms with van der Waals surface area (Å²) in [6.07, 6.45) is 7.18. The SMILES string of the molecule is O=c1cc(/C=C/c2cccnc2)nc2scc(-c3cccc(Cl)c3)n12. The molecule has 0 saturated heterocycles. The van der Waals surface area contributed by atoms with E-state index in [1.807, 2.05) is 53.9 Å². The summed E-state index contributed by atoms with van der Waals surface area (Å²) in [7, 11) is 0. The molecule has 0 atom stereocenters. The molecule has 0 radical (unpaired) electrons. The number of hydrogen-bond donors (Lipinski definition) is 0. The minimum absolute atomic E-state index is 0.118. The van der Waals surface area contributed by atoms with Gasteiger partial charge in [-0.2, -0.15) is 0 Å². The first-order chi connectivity index (χ1) is 12.2. The number of aromatic nitrogens is 3. The molecule has 0 amide bonds. The lowest BCUT2D eigenvalue weighted by molar-refractivity contribution is 1.08. The van der Waals surface area contributed by atoms with Crippen molar-refractivity contribution in [1.29, 1.82) is 0 Å². The average molecular weight is 366 g/mol. The van der Waals surface area contributed by atoms with Crippen molar-refractivity contribution >= 4 is 40.1 Å². The van der Waals surface area contributed by atoms with Crippen molar-refractivity contribution in [2.75, 3.05) is 0 Å². The van der Waals surface area contributed by atoms with Gasteiger partial charge >= 0.3 is 0 Å². The molecule has 0 aliphatic rings. The zero-order valence-corrected chi connectivity index (χ0v) is 14.5. The van der Waals surface area contributed by atoms with E-state index in [-0.39, 0.29) is 5.56 Å². The second-order valence-electron chi connectivity index (χ2n) is 5.39. The first-order valence-electron chi connectivity index (χ1n) is 7.56. The highest BCUT2D eigenvalue weighted by molar-refractivity contribution is 7.15. The lowest BCUT2D eigenvalue weighted by atomic mass is 10.2. The molecule has 4 nitrogen and oxygen atoms in total. The zero-order chi connectivity index (χ0) is 17.2. The van der Waals surface area contributed by atoms with Gasteiger partial charge in [-0.05, 0) is 29.8 Å². The Morgan fingerprint density at radius 2 is 2.04 bits per heavy atom. The van der Waals surface area contributed by atoms with E-state index in [0.717, 1.165) is 16.8 Å². The summed E-state index contributed by atoms with van der Waals surface area (Å²) in [5.74, 6) is 0. The smallest absolute Gasteiger partial charge is 0.259 e. The summed E-state index contributed by atoms with van der Waals surface area (Å²) in [5.41, 5.74) is 3.14. The number of halogens is 1. The van der Waals surface area contributed by atoms with E-state index in [9.17, 15) is 4.79 Å². The van der Waals surface area contributed by atoms with Crippen LogP contribution in [0.2, 0.25) is 5.02 Å². The van der Waals surface area contributed by atoms with E-state index >= 15 is 0 Å². The molecule has 0 bridgehead atoms. The number of nitrogens with zero attached hydrogens (tertiary/aromatic N) is 3. The lowest BCUT2D eigenvalue weighted by Crippen LogP contribution is -2.13. The average Bonchev–Trinajstić information content (AvgIpc) is 3.05. The highest BCUT2D eigenvalue weighted by atomic mass is 35.5. The number of pyridine rings is 1. The third kappa shape index (κ3) is 3.24. The standard InChI is InChI=1S/C19H12ClN3OS/c20-15-5-1-4-14(9-15)17-12-25-19-22-16(10-18(24)23(17)19)7-6-13-3-2-8-21-11-13/h1-12H/b7-6+. The van der Waals surface area contributed by atoms with Crippen molar-refractivity contribution < 1.29 is 0 Å². The Bertz CT molecular complexity index is 1130. The maximum absolute atomic E-state index is 12.6. The first-order valence-corrected chi connectivity index (χ1v) is 8.82. The minimum atomic E-state index is -0.118. The molecule has 6 heteroatoms. The molecule has 122 valence electrons. The fourth-order valence-corrected chi connectivity index (χ4v) is 3.63. The fraction of sp³-hybridized carbons (Fsp3) is 0. The van der Waals surface area contributed by atoms with Crippen LogP contribution in [0.4, 0.5) is 0 Å². The van der Waals surface area contributed by atoms with E-state index in [1.54, 1.807) is 16.8 Å². The summed E-state index contributed by atoms with van der Waals surface area (Å²) in [6, 6.07) is 12.8. The molecule has 0 fully saturated rings. The van der Waals surface area contributed by atoms with Crippen molar-refractivity contribution in [1.82, 2.24) is 14.4 Å². The molecule has 3 aromatic heterocycles. The van der Waals surface area contributed by atoms with Crippen LogP contribution in [0.25, 0.3) is 28.4 Å². The van der Waals surface area contributed by atoms with Gasteiger partial charge in [-0.15, -0.1) is 11.3 Å². The normalized spacial score (nSPS) is 11.4. The van der Waals surface area contributed by atoms with Crippen molar-refractivity contribution in [2.24, 2.45) is 0 Å². The van der Waals surface area contributed by atoms with Crippen LogP contribution in [0.1, 0.15) is 11.3 Å². The van der Waals surface area contributed by atoms with Crippen LogP contribution in [0, 0.1) is 0 Å². The number of benzene rings is 1. The molecule has 3 heterocycles. The quantitative estimate of drug-likeness (QED) is 0.531. The van der Waals surface area contributed by atoms with Gasteiger partial charge in [-0.3, -0.25) is 14.2 Å². The Balaban J connectivity index is 1.77. The monoisotopic (exact) mass is 365 g/mol. The van der Waals surface area contributed by atoms with Gasteiger partial charge in [0, 0.05) is 34.4 Å². The van der Waals surface area contributed by atoms with E-state index in [1.165, 1.54) is 17.4 Å². The largest absolute Gasteiger partial charge is 0.269 e. The van der Waals surface area contributed by atoms with E-state index in [0.29, 0.717) is 15.7 Å². The van der Waals surface area contributed by atoms with Crippen molar-refractivity contribution in [2.45, 2.75) is 0 Å². The molecule has 0 aliphatic carbocycles. The van der Waals surface area contributed by atoms with E-state index in [2.05, 4.69) is 9.97 Å². The van der Waals surface area contributed by atoms with Gasteiger partial charge < -0.3 is 0 Å². The van der Waals surface area contributed by atoms with Gasteiger partial charge in [-0.25, -0.2) is 4.98 Å². The summed E-state index contributed by atoms with van der Waals surface area (Å²) < 4.78 is 1.61. The van der Waals surface area contributed by atoms with Crippen molar-refractivity contribution in [3.8, 4) is 11.3 Å². The first kappa shape index (κ1) is 15.7.